The molecule has 1 rings (SSSR count). The molecule has 1 aromatic rings. The second-order valence-corrected chi connectivity index (χ2v) is 3.89. The molecular weight excluding hydrogens is 262 g/mol. The molecule has 0 saturated carbocycles. The summed E-state index contributed by atoms with van der Waals surface area (Å²) in [6.45, 7) is 2.32. The van der Waals surface area contributed by atoms with E-state index in [-0.39, 0.29) is 5.69 Å². The fourth-order valence-electron chi connectivity index (χ4n) is 1.17. The fourth-order valence-corrected chi connectivity index (χ4v) is 1.40. The van der Waals surface area contributed by atoms with E-state index in [2.05, 4.69) is 15.9 Å². The maximum Gasteiger partial charge on any atom is 0.272 e. The predicted octanol–water partition coefficient (Wildman–Crippen LogP) is 3.07. The Hall–Kier alpha value is -1.10. The molecule has 4 nitrogen and oxygen atoms in total. The SMILES string of the molecule is Cc1cc(OCCCBr)ccc1[N+](=O)[O-]. The first-order valence-electron chi connectivity index (χ1n) is 4.59. The summed E-state index contributed by atoms with van der Waals surface area (Å²) in [6.07, 6.45) is 0.913. The number of halogens is 1. The van der Waals surface area contributed by atoms with E-state index in [1.807, 2.05) is 0 Å². The number of nitro benzene ring substituents is 1. The molecule has 0 N–H and O–H groups in total. The second-order valence-electron chi connectivity index (χ2n) is 3.10. The van der Waals surface area contributed by atoms with Crippen LogP contribution in [-0.4, -0.2) is 16.9 Å². The number of benzene rings is 1. The van der Waals surface area contributed by atoms with Crippen molar-refractivity contribution in [3.8, 4) is 5.75 Å². The molecule has 0 aliphatic heterocycles. The summed E-state index contributed by atoms with van der Waals surface area (Å²) < 4.78 is 5.41. The van der Waals surface area contributed by atoms with Gasteiger partial charge in [-0.05, 0) is 25.5 Å². The maximum atomic E-state index is 10.6. The summed E-state index contributed by atoms with van der Waals surface area (Å²) in [7, 11) is 0. The fraction of sp³-hybridized carbons (Fsp3) is 0.400. The Kier molecular flexibility index (Phi) is 4.55. The van der Waals surface area contributed by atoms with E-state index in [1.54, 1.807) is 19.1 Å². The molecular formula is C10H12BrNO3. The van der Waals surface area contributed by atoms with Crippen molar-refractivity contribution < 1.29 is 9.66 Å². The first-order chi connectivity index (χ1) is 7.15. The Labute approximate surface area is 96.5 Å². The highest BCUT2D eigenvalue weighted by atomic mass is 79.9. The molecule has 82 valence electrons. The third-order valence-electron chi connectivity index (χ3n) is 1.91. The van der Waals surface area contributed by atoms with Crippen LogP contribution in [0.1, 0.15) is 12.0 Å². The summed E-state index contributed by atoms with van der Waals surface area (Å²) in [6, 6.07) is 4.78. The average molecular weight is 274 g/mol. The quantitative estimate of drug-likeness (QED) is 0.359. The normalized spacial score (nSPS) is 10.0. The summed E-state index contributed by atoms with van der Waals surface area (Å²) in [5.41, 5.74) is 0.749. The average Bonchev–Trinajstić information content (AvgIpc) is 2.17. The van der Waals surface area contributed by atoms with E-state index in [4.69, 9.17) is 4.74 Å². The van der Waals surface area contributed by atoms with E-state index >= 15 is 0 Å². The van der Waals surface area contributed by atoms with Gasteiger partial charge in [0.15, 0.2) is 0 Å². The highest BCUT2D eigenvalue weighted by Gasteiger charge is 2.10. The number of ether oxygens (including phenoxy) is 1. The first-order valence-corrected chi connectivity index (χ1v) is 5.71. The van der Waals surface area contributed by atoms with Crippen molar-refractivity contribution >= 4 is 21.6 Å². The zero-order valence-electron chi connectivity index (χ0n) is 8.40. The van der Waals surface area contributed by atoms with Crippen LogP contribution >= 0.6 is 15.9 Å². The van der Waals surface area contributed by atoms with Crippen LogP contribution in [-0.2, 0) is 0 Å². The molecule has 0 heterocycles. The van der Waals surface area contributed by atoms with Gasteiger partial charge in [-0.2, -0.15) is 0 Å². The van der Waals surface area contributed by atoms with Crippen molar-refractivity contribution in [2.24, 2.45) is 0 Å². The number of rotatable bonds is 5. The van der Waals surface area contributed by atoms with E-state index in [0.717, 1.165) is 11.8 Å². The molecule has 0 amide bonds. The Balaban J connectivity index is 2.69. The number of alkyl halides is 1. The zero-order chi connectivity index (χ0) is 11.3. The van der Waals surface area contributed by atoms with Crippen molar-refractivity contribution in [3.63, 3.8) is 0 Å². The Morgan fingerprint density at radius 2 is 2.27 bits per heavy atom. The molecule has 0 radical (unpaired) electrons. The van der Waals surface area contributed by atoms with Gasteiger partial charge in [0.05, 0.1) is 11.5 Å². The molecule has 0 spiro atoms. The van der Waals surface area contributed by atoms with Crippen molar-refractivity contribution in [1.82, 2.24) is 0 Å². The number of hydrogen-bond donors (Lipinski definition) is 0. The van der Waals surface area contributed by atoms with Crippen molar-refractivity contribution in [3.05, 3.63) is 33.9 Å². The maximum absolute atomic E-state index is 10.6. The van der Waals surface area contributed by atoms with Crippen LogP contribution < -0.4 is 4.74 Å². The van der Waals surface area contributed by atoms with Gasteiger partial charge in [0.1, 0.15) is 5.75 Å². The van der Waals surface area contributed by atoms with E-state index in [9.17, 15) is 10.1 Å². The van der Waals surface area contributed by atoms with Gasteiger partial charge in [0, 0.05) is 17.0 Å². The lowest BCUT2D eigenvalue weighted by Crippen LogP contribution is -1.98. The lowest BCUT2D eigenvalue weighted by Gasteiger charge is -2.05. The van der Waals surface area contributed by atoms with Gasteiger partial charge in [0.25, 0.3) is 5.69 Å². The smallest absolute Gasteiger partial charge is 0.272 e. The van der Waals surface area contributed by atoms with Gasteiger partial charge in [-0.3, -0.25) is 10.1 Å². The summed E-state index contributed by atoms with van der Waals surface area (Å²) in [5, 5.41) is 11.4. The molecule has 15 heavy (non-hydrogen) atoms. The molecule has 5 heteroatoms. The minimum Gasteiger partial charge on any atom is -0.494 e. The third-order valence-corrected chi connectivity index (χ3v) is 2.47. The van der Waals surface area contributed by atoms with Crippen LogP contribution in [0.4, 0.5) is 5.69 Å². The van der Waals surface area contributed by atoms with E-state index < -0.39 is 4.92 Å². The lowest BCUT2D eigenvalue weighted by atomic mass is 10.2. The minimum atomic E-state index is -0.391. The van der Waals surface area contributed by atoms with Crippen molar-refractivity contribution in [1.29, 1.82) is 0 Å². The number of nitro groups is 1. The number of hydrogen-bond acceptors (Lipinski definition) is 3. The molecule has 0 aliphatic rings. The summed E-state index contributed by atoms with van der Waals surface area (Å²) in [4.78, 5) is 10.2. The molecule has 0 aliphatic carbocycles. The molecule has 0 atom stereocenters. The highest BCUT2D eigenvalue weighted by Crippen LogP contribution is 2.22. The molecule has 0 bridgehead atoms. The summed E-state index contributed by atoms with van der Waals surface area (Å²) in [5.74, 6) is 0.680. The van der Waals surface area contributed by atoms with Crippen LogP contribution in [0.5, 0.6) is 5.75 Å². The van der Waals surface area contributed by atoms with Crippen LogP contribution in [0.3, 0.4) is 0 Å². The van der Waals surface area contributed by atoms with Crippen LogP contribution in [0.2, 0.25) is 0 Å². The van der Waals surface area contributed by atoms with E-state index in [0.29, 0.717) is 17.9 Å². The minimum absolute atomic E-state index is 0.128. The Morgan fingerprint density at radius 3 is 2.80 bits per heavy atom. The van der Waals surface area contributed by atoms with Crippen molar-refractivity contribution in [2.75, 3.05) is 11.9 Å². The van der Waals surface area contributed by atoms with Crippen molar-refractivity contribution in [2.45, 2.75) is 13.3 Å². The second kappa shape index (κ2) is 5.70. The number of aryl methyl sites for hydroxylation is 1. The Morgan fingerprint density at radius 1 is 1.53 bits per heavy atom. The lowest BCUT2D eigenvalue weighted by molar-refractivity contribution is -0.385. The van der Waals surface area contributed by atoms with Crippen LogP contribution in [0, 0.1) is 17.0 Å². The molecule has 1 aromatic carbocycles. The number of nitrogens with zero attached hydrogens (tertiary/aromatic N) is 1. The monoisotopic (exact) mass is 273 g/mol. The third kappa shape index (κ3) is 3.51. The van der Waals surface area contributed by atoms with Gasteiger partial charge < -0.3 is 4.74 Å². The van der Waals surface area contributed by atoms with Gasteiger partial charge in [-0.25, -0.2) is 0 Å². The van der Waals surface area contributed by atoms with E-state index in [1.165, 1.54) is 6.07 Å². The van der Waals surface area contributed by atoms with Gasteiger partial charge in [-0.1, -0.05) is 15.9 Å². The van der Waals surface area contributed by atoms with Gasteiger partial charge in [0.2, 0.25) is 0 Å². The predicted molar refractivity (Wildman–Crippen MR) is 61.7 cm³/mol. The molecule has 0 saturated heterocycles. The van der Waals surface area contributed by atoms with Crippen LogP contribution in [0.25, 0.3) is 0 Å². The molecule has 0 unspecified atom stereocenters. The summed E-state index contributed by atoms with van der Waals surface area (Å²) >= 11 is 3.30. The van der Waals surface area contributed by atoms with Gasteiger partial charge in [-0.15, -0.1) is 0 Å². The topological polar surface area (TPSA) is 52.4 Å². The first kappa shape index (κ1) is 12.0. The standard InChI is InChI=1S/C10H12BrNO3/c1-8-7-9(15-6-2-5-11)3-4-10(8)12(13)14/h3-4,7H,2,5-6H2,1H3. The largest absolute Gasteiger partial charge is 0.494 e. The zero-order valence-corrected chi connectivity index (χ0v) is 9.99. The Bertz CT molecular complexity index is 355. The van der Waals surface area contributed by atoms with Crippen LogP contribution in [0.15, 0.2) is 18.2 Å². The molecule has 0 fully saturated rings. The van der Waals surface area contributed by atoms with Gasteiger partial charge >= 0.3 is 0 Å². The molecule has 0 aromatic heterocycles. The highest BCUT2D eigenvalue weighted by molar-refractivity contribution is 9.09.